The van der Waals surface area contributed by atoms with Gasteiger partial charge in [-0.05, 0) is 179 Å². The van der Waals surface area contributed by atoms with Gasteiger partial charge in [-0.25, -0.2) is 19.2 Å². The molecule has 20 nitrogen and oxygen atoms in total. The molecule has 9 N–H and O–H groups in total. The quantitative estimate of drug-likeness (QED) is 0.0214. The molecule has 16 atom stereocenters. The molecule has 468 valence electrons. The minimum atomic E-state index is -1.52. The van der Waals surface area contributed by atoms with Crippen molar-refractivity contribution in [2.45, 2.75) is 216 Å². The van der Waals surface area contributed by atoms with Gasteiger partial charge in [0.15, 0.2) is 11.7 Å². The number of fused-ring (bicyclic) bond motifs is 3. The highest BCUT2D eigenvalue weighted by atomic mass is 16.8. The minimum absolute atomic E-state index is 0.0183. The molecule has 3 heterocycles. The van der Waals surface area contributed by atoms with Gasteiger partial charge >= 0.3 is 24.2 Å². The number of aliphatic hydroxyl groups excluding tert-OH is 2. The molecule has 4 unspecified atom stereocenters. The van der Waals surface area contributed by atoms with Crippen LogP contribution in [0.25, 0.3) is 0 Å². The van der Waals surface area contributed by atoms with Crippen molar-refractivity contribution in [3.05, 3.63) is 88.6 Å². The lowest BCUT2D eigenvalue weighted by Gasteiger charge is -2.56. The lowest BCUT2D eigenvalue weighted by molar-refractivity contribution is -0.187. The molecule has 5 amide bonds. The molecule has 2 spiro atoms. The van der Waals surface area contributed by atoms with Crippen LogP contribution >= 0.6 is 0 Å². The minimum Gasteiger partial charge on any atom is -0.458 e. The van der Waals surface area contributed by atoms with Crippen LogP contribution in [0, 0.1) is 46.3 Å². The zero-order valence-electron chi connectivity index (χ0n) is 50.9. The third-order valence-corrected chi connectivity index (χ3v) is 22.0. The summed E-state index contributed by atoms with van der Waals surface area (Å²) in [5.74, 6) is -0.618. The Kier molecular flexibility index (Phi) is 16.6. The fourth-order valence-electron chi connectivity index (χ4n) is 16.9. The predicted octanol–water partition coefficient (Wildman–Crippen LogP) is 7.94. The number of amides is 5. The summed E-state index contributed by atoms with van der Waals surface area (Å²) in [5.41, 5.74) is 5.69. The summed E-state index contributed by atoms with van der Waals surface area (Å²) < 4.78 is 36.7. The van der Waals surface area contributed by atoms with Crippen molar-refractivity contribution < 1.29 is 72.5 Å². The summed E-state index contributed by atoms with van der Waals surface area (Å²) in [6, 6.07) is 4.72. The normalized spacial score (nSPS) is 36.9. The number of nitrogens with two attached hydrogens (primary N) is 1. The summed E-state index contributed by atoms with van der Waals surface area (Å²) in [5, 5.41) is 44.0. The molecule has 86 heavy (non-hydrogen) atoms. The van der Waals surface area contributed by atoms with Gasteiger partial charge in [0.1, 0.15) is 42.1 Å². The fraction of sp³-hybridized carbons (Fsp3) is 0.667. The third-order valence-electron chi connectivity index (χ3n) is 22.0. The first kappa shape index (κ1) is 61.6. The number of carbonyl (C=O) groups is 6. The molecule has 10 aliphatic rings. The molecular weight excluding hydrogens is 1100 g/mol. The molecule has 1 aromatic carbocycles. The molecule has 0 radical (unpaired) electrons. The van der Waals surface area contributed by atoms with Crippen molar-refractivity contribution >= 4 is 41.8 Å². The maximum Gasteiger partial charge on any atom is 0.509 e. The van der Waals surface area contributed by atoms with Gasteiger partial charge in [-0.1, -0.05) is 77.1 Å². The van der Waals surface area contributed by atoms with Gasteiger partial charge in [0, 0.05) is 36.1 Å². The van der Waals surface area contributed by atoms with Crippen LogP contribution in [0.5, 0.6) is 0 Å². The van der Waals surface area contributed by atoms with Crippen LogP contribution in [0.4, 0.5) is 20.1 Å². The first-order chi connectivity index (χ1) is 40.7. The molecule has 3 aliphatic heterocycles. The van der Waals surface area contributed by atoms with Crippen LogP contribution in [-0.2, 0) is 49.4 Å². The average Bonchev–Trinajstić information content (AvgIpc) is 1.44. The molecular formula is C66H89N5O15. The Hall–Kier alpha value is -6.06. The van der Waals surface area contributed by atoms with E-state index >= 15 is 0 Å². The van der Waals surface area contributed by atoms with Gasteiger partial charge in [-0.2, -0.15) is 0 Å². The second-order valence-corrected chi connectivity index (χ2v) is 27.9. The topological polar surface area (TPSA) is 299 Å². The zero-order valence-corrected chi connectivity index (χ0v) is 50.9. The zero-order chi connectivity index (χ0) is 61.5. The number of anilines is 1. The van der Waals surface area contributed by atoms with Gasteiger partial charge in [0.2, 0.25) is 11.8 Å². The highest BCUT2D eigenvalue weighted by molar-refractivity contribution is 5.99. The number of esters is 1. The van der Waals surface area contributed by atoms with Gasteiger partial charge in [0.25, 0.3) is 0 Å². The van der Waals surface area contributed by atoms with E-state index in [2.05, 4.69) is 66.8 Å². The number of aliphatic hydroxyl groups is 3. The lowest BCUT2D eigenvalue weighted by Crippen LogP contribution is -2.72. The molecule has 6 saturated carbocycles. The fourth-order valence-corrected chi connectivity index (χ4v) is 16.9. The van der Waals surface area contributed by atoms with Crippen LogP contribution in [0.1, 0.15) is 150 Å². The summed E-state index contributed by atoms with van der Waals surface area (Å²) in [7, 11) is 0. The third kappa shape index (κ3) is 11.1. The Morgan fingerprint density at radius 2 is 1.70 bits per heavy atom. The number of allylic oxidation sites excluding steroid dienone is 4. The van der Waals surface area contributed by atoms with Crippen LogP contribution < -0.4 is 27.0 Å². The van der Waals surface area contributed by atoms with Gasteiger partial charge < -0.3 is 70.7 Å². The number of epoxide rings is 2. The van der Waals surface area contributed by atoms with E-state index in [0.717, 1.165) is 61.7 Å². The number of nitrogens with one attached hydrogen (secondary N) is 4. The van der Waals surface area contributed by atoms with Gasteiger partial charge in [-0.15, -0.1) is 0 Å². The Labute approximate surface area is 503 Å². The van der Waals surface area contributed by atoms with Gasteiger partial charge in [-0.3, -0.25) is 9.59 Å². The lowest BCUT2D eigenvalue weighted by atomic mass is 9.46. The molecule has 0 bridgehead atoms. The van der Waals surface area contributed by atoms with Crippen LogP contribution in [0.3, 0.4) is 0 Å². The van der Waals surface area contributed by atoms with Crippen LogP contribution in [0.2, 0.25) is 0 Å². The molecule has 20 heteroatoms. The first-order valence-corrected chi connectivity index (χ1v) is 31.4. The van der Waals surface area contributed by atoms with E-state index in [1.165, 1.54) is 19.4 Å². The molecule has 8 fully saturated rings. The van der Waals surface area contributed by atoms with E-state index in [9.17, 15) is 44.1 Å². The second-order valence-electron chi connectivity index (χ2n) is 27.9. The SMILES string of the molecule is C=C1/C(=C\C=C2/CCC[C@@]3(C)C2CCC3[C@@H](C)/C=C/C(OC(=O)NC(C)(C)C(=O)NC(CCCNC(N)=O)C(=O)Nc2ccc(COC(=O)O[C@H]3[C@]45O[C@H]4C[C@H]4C6=C(CC[C@]4(C)[C@@]54O[C@H]4C[C@@]3(O)C(C)C)C(=O)OC6)cc2)C2CC2)C[C@@H](O)C[C@@H]1O. The Morgan fingerprint density at radius 1 is 0.942 bits per heavy atom. The molecule has 7 aliphatic carbocycles. The Balaban J connectivity index is 0.682. The number of ether oxygens (including phenoxy) is 6. The van der Waals surface area contributed by atoms with E-state index in [1.807, 2.05) is 19.9 Å². The van der Waals surface area contributed by atoms with Crippen molar-refractivity contribution in [1.82, 2.24) is 16.0 Å². The maximum atomic E-state index is 14.0. The van der Waals surface area contributed by atoms with E-state index in [1.54, 1.807) is 24.3 Å². The van der Waals surface area contributed by atoms with Crippen molar-refractivity contribution in [2.75, 3.05) is 18.5 Å². The number of benzene rings is 1. The van der Waals surface area contributed by atoms with E-state index in [-0.39, 0.29) is 86.3 Å². The van der Waals surface area contributed by atoms with Crippen molar-refractivity contribution in [3.63, 3.8) is 0 Å². The molecule has 2 saturated heterocycles. The number of cyclic esters (lactones) is 1. The highest BCUT2D eigenvalue weighted by Gasteiger charge is 2.95. The van der Waals surface area contributed by atoms with Crippen LogP contribution in [0.15, 0.2) is 83.0 Å². The molecule has 1 aromatic rings. The second kappa shape index (κ2) is 23.1. The summed E-state index contributed by atoms with van der Waals surface area (Å²) in [6.07, 6.45) is 13.5. The molecule has 0 aromatic heterocycles. The van der Waals surface area contributed by atoms with E-state index in [0.29, 0.717) is 60.8 Å². The van der Waals surface area contributed by atoms with E-state index < -0.39 is 88.3 Å². The summed E-state index contributed by atoms with van der Waals surface area (Å²) in [6.45, 7) is 17.9. The Bertz CT molecular complexity index is 3020. The largest absolute Gasteiger partial charge is 0.509 e. The standard InChI is InChI=1S/C66H89N5O15/c1-35(2)64(80)32-53-66(86-53)63(8)27-25-44-45(34-81-55(44)75)48(63)31-52-65(66,85-52)56(64)84-60(79)82-33-38-14-20-42(21-15-38)69-54(74)49(12-10-28-68-58(67)77)70-57(76)61(5,6)71-59(78)83-51(40-17-18-40)24-13-36(3)46-22-23-47-39(11-9-26-62(46,47)7)16-19-41-29-43(72)30-50(73)37(41)4/h13-16,19-21,24,35-36,40,43,46-53,56,72-73,80H,4,9-12,17-18,22-23,25-34H2,1-3,5-8H3,(H,69,74)(H,70,76)(H,71,78)(H3,67,68,77)/b24-13+,39-16+,41-19-/t36-,43+,46?,47?,48-,49?,50-,51?,52-,53-,56+,62+,63-,64+,65+,66+/m0/s1. The van der Waals surface area contributed by atoms with Crippen molar-refractivity contribution in [1.29, 1.82) is 0 Å². The first-order valence-electron chi connectivity index (χ1n) is 31.4. The number of alkyl carbamates (subject to hydrolysis) is 1. The number of urea groups is 1. The number of hydrogen-bond acceptors (Lipinski definition) is 15. The van der Waals surface area contributed by atoms with Crippen molar-refractivity contribution in [2.24, 2.45) is 52.1 Å². The number of hydrogen-bond donors (Lipinski definition) is 8. The van der Waals surface area contributed by atoms with Crippen LogP contribution in [-0.4, -0.2) is 130 Å². The van der Waals surface area contributed by atoms with Crippen molar-refractivity contribution in [3.8, 4) is 0 Å². The average molecular weight is 1190 g/mol. The van der Waals surface area contributed by atoms with Gasteiger partial charge in [0.05, 0.1) is 24.4 Å². The maximum absolute atomic E-state index is 14.0. The monoisotopic (exact) mass is 1190 g/mol. The number of rotatable bonds is 19. The number of primary amides is 1. The summed E-state index contributed by atoms with van der Waals surface area (Å²) in [4.78, 5) is 79.5. The Morgan fingerprint density at radius 3 is 2.42 bits per heavy atom. The number of carbonyl (C=O) groups excluding carboxylic acids is 6. The predicted molar refractivity (Wildman–Crippen MR) is 315 cm³/mol. The highest BCUT2D eigenvalue weighted by Crippen LogP contribution is 2.80. The molecule has 11 rings (SSSR count). The van der Waals surface area contributed by atoms with E-state index in [4.69, 9.17) is 34.2 Å². The smallest absolute Gasteiger partial charge is 0.458 e. The summed E-state index contributed by atoms with van der Waals surface area (Å²) >= 11 is 0.